The number of hydrogen-bond acceptors (Lipinski definition) is 3. The van der Waals surface area contributed by atoms with Gasteiger partial charge in [0.2, 0.25) is 0 Å². The predicted molar refractivity (Wildman–Crippen MR) is 60.6 cm³/mol. The first-order valence-corrected chi connectivity index (χ1v) is 5.44. The van der Waals surface area contributed by atoms with E-state index in [1.54, 1.807) is 11.3 Å². The Hall–Kier alpha value is -1.10. The van der Waals surface area contributed by atoms with E-state index in [-0.39, 0.29) is 6.04 Å². The fourth-order valence-corrected chi connectivity index (χ4v) is 1.85. The summed E-state index contributed by atoms with van der Waals surface area (Å²) in [5.41, 5.74) is 5.65. The van der Waals surface area contributed by atoms with Crippen LogP contribution in [0.2, 0.25) is 0 Å². The third-order valence-electron chi connectivity index (χ3n) is 1.70. The first-order valence-electron chi connectivity index (χ1n) is 4.62. The Morgan fingerprint density at radius 2 is 2.50 bits per heavy atom. The van der Waals surface area contributed by atoms with Gasteiger partial charge in [-0.1, -0.05) is 0 Å². The third kappa shape index (κ3) is 2.99. The molecule has 0 radical (unpaired) electrons. The molecule has 0 bridgehead atoms. The quantitative estimate of drug-likeness (QED) is 0.588. The summed E-state index contributed by atoms with van der Waals surface area (Å²) in [6, 6.07) is 0.129. The molecule has 0 spiro atoms. The maximum absolute atomic E-state index is 5.65. The number of guanidine groups is 1. The summed E-state index contributed by atoms with van der Waals surface area (Å²) in [7, 11) is 0. The Labute approximate surface area is 88.3 Å². The Morgan fingerprint density at radius 1 is 1.79 bits per heavy atom. The van der Waals surface area contributed by atoms with Crippen molar-refractivity contribution in [2.45, 2.75) is 26.8 Å². The molecule has 1 aromatic heterocycles. The van der Waals surface area contributed by atoms with Gasteiger partial charge in [0.15, 0.2) is 5.96 Å². The smallest absolute Gasteiger partial charge is 0.189 e. The molecule has 1 rings (SSSR count). The molecule has 1 aromatic rings. The lowest BCUT2D eigenvalue weighted by molar-refractivity contribution is 0.702. The molecule has 3 N–H and O–H groups in total. The van der Waals surface area contributed by atoms with Gasteiger partial charge in [-0.2, -0.15) is 0 Å². The molecule has 78 valence electrons. The van der Waals surface area contributed by atoms with E-state index in [9.17, 15) is 0 Å². The van der Waals surface area contributed by atoms with Gasteiger partial charge in [0.05, 0.1) is 6.04 Å². The zero-order chi connectivity index (χ0) is 10.6. The fraction of sp³-hybridized carbons (Fsp3) is 0.556. The SMILES string of the molecule is CCN=C(N)NC(C)c1ncc(C)s1. The Kier molecular flexibility index (Phi) is 3.88. The lowest BCUT2D eigenvalue weighted by Gasteiger charge is -2.11. The molecular weight excluding hydrogens is 196 g/mol. The van der Waals surface area contributed by atoms with Gasteiger partial charge in [-0.05, 0) is 20.8 Å². The molecule has 0 aromatic carbocycles. The first-order chi connectivity index (χ1) is 6.63. The van der Waals surface area contributed by atoms with Gasteiger partial charge in [0.1, 0.15) is 5.01 Å². The summed E-state index contributed by atoms with van der Waals surface area (Å²) in [6.07, 6.45) is 1.87. The van der Waals surface area contributed by atoms with Crippen LogP contribution in [0.1, 0.15) is 29.8 Å². The van der Waals surface area contributed by atoms with Gasteiger partial charge in [0, 0.05) is 17.6 Å². The number of nitrogens with zero attached hydrogens (tertiary/aromatic N) is 2. The van der Waals surface area contributed by atoms with Gasteiger partial charge in [0.25, 0.3) is 0 Å². The fourth-order valence-electron chi connectivity index (χ4n) is 1.07. The highest BCUT2D eigenvalue weighted by Gasteiger charge is 2.09. The standard InChI is InChI=1S/C9H16N4S/c1-4-11-9(10)13-7(3)8-12-5-6(2)14-8/h5,7H,4H2,1-3H3,(H3,10,11,13). The number of aryl methyl sites for hydroxylation is 1. The van der Waals surface area contributed by atoms with Crippen LogP contribution in [-0.2, 0) is 0 Å². The van der Waals surface area contributed by atoms with Crippen molar-refractivity contribution in [3.63, 3.8) is 0 Å². The number of rotatable bonds is 3. The monoisotopic (exact) mass is 212 g/mol. The zero-order valence-corrected chi connectivity index (χ0v) is 9.56. The van der Waals surface area contributed by atoms with E-state index < -0.39 is 0 Å². The van der Waals surface area contributed by atoms with E-state index in [4.69, 9.17) is 5.73 Å². The van der Waals surface area contributed by atoms with E-state index in [0.717, 1.165) is 5.01 Å². The second-order valence-corrected chi connectivity index (χ2v) is 4.30. The number of aliphatic imine (C=N–C) groups is 1. The average molecular weight is 212 g/mol. The minimum atomic E-state index is 0.129. The number of nitrogens with one attached hydrogen (secondary N) is 1. The van der Waals surface area contributed by atoms with Crippen LogP contribution in [0.25, 0.3) is 0 Å². The van der Waals surface area contributed by atoms with Crippen LogP contribution in [0.5, 0.6) is 0 Å². The number of thiazole rings is 1. The van der Waals surface area contributed by atoms with Crippen LogP contribution in [0.15, 0.2) is 11.2 Å². The van der Waals surface area contributed by atoms with E-state index in [1.807, 2.05) is 27.0 Å². The molecule has 0 aliphatic rings. The maximum atomic E-state index is 5.65. The normalized spacial score (nSPS) is 14.1. The van der Waals surface area contributed by atoms with Gasteiger partial charge < -0.3 is 11.1 Å². The largest absolute Gasteiger partial charge is 0.370 e. The van der Waals surface area contributed by atoms with Gasteiger partial charge in [-0.3, -0.25) is 4.99 Å². The Morgan fingerprint density at radius 3 is 3.00 bits per heavy atom. The second-order valence-electron chi connectivity index (χ2n) is 3.03. The molecule has 1 unspecified atom stereocenters. The van der Waals surface area contributed by atoms with Crippen LogP contribution in [0.3, 0.4) is 0 Å². The molecule has 0 amide bonds. The molecule has 0 aliphatic heterocycles. The molecule has 5 heteroatoms. The Bertz CT molecular complexity index is 318. The minimum Gasteiger partial charge on any atom is -0.370 e. The van der Waals surface area contributed by atoms with E-state index in [2.05, 4.69) is 15.3 Å². The van der Waals surface area contributed by atoms with Crippen molar-refractivity contribution in [2.24, 2.45) is 10.7 Å². The lowest BCUT2D eigenvalue weighted by Crippen LogP contribution is -2.33. The number of hydrogen-bond donors (Lipinski definition) is 2. The van der Waals surface area contributed by atoms with E-state index in [0.29, 0.717) is 12.5 Å². The van der Waals surface area contributed by atoms with Crippen molar-refractivity contribution >= 4 is 17.3 Å². The highest BCUT2D eigenvalue weighted by Crippen LogP contribution is 2.18. The predicted octanol–water partition coefficient (Wildman–Crippen LogP) is 1.44. The number of nitrogens with two attached hydrogens (primary N) is 1. The second kappa shape index (κ2) is 4.95. The van der Waals surface area contributed by atoms with Crippen molar-refractivity contribution in [3.8, 4) is 0 Å². The van der Waals surface area contributed by atoms with Gasteiger partial charge >= 0.3 is 0 Å². The van der Waals surface area contributed by atoms with Gasteiger partial charge in [-0.15, -0.1) is 11.3 Å². The van der Waals surface area contributed by atoms with Crippen molar-refractivity contribution in [3.05, 3.63) is 16.1 Å². The lowest BCUT2D eigenvalue weighted by atomic mass is 10.4. The maximum Gasteiger partial charge on any atom is 0.189 e. The third-order valence-corrected chi connectivity index (χ3v) is 2.80. The molecule has 1 atom stereocenters. The molecule has 1 heterocycles. The summed E-state index contributed by atoms with van der Waals surface area (Å²) in [4.78, 5) is 9.54. The van der Waals surface area contributed by atoms with E-state index in [1.165, 1.54) is 4.88 Å². The highest BCUT2D eigenvalue weighted by atomic mass is 32.1. The average Bonchev–Trinajstić information content (AvgIpc) is 2.52. The summed E-state index contributed by atoms with van der Waals surface area (Å²) in [5, 5.41) is 4.12. The summed E-state index contributed by atoms with van der Waals surface area (Å²) in [5.74, 6) is 0.479. The van der Waals surface area contributed by atoms with E-state index >= 15 is 0 Å². The van der Waals surface area contributed by atoms with Crippen molar-refractivity contribution < 1.29 is 0 Å². The molecule has 0 saturated carbocycles. The van der Waals surface area contributed by atoms with Crippen molar-refractivity contribution in [1.29, 1.82) is 0 Å². The van der Waals surface area contributed by atoms with Crippen LogP contribution in [0.4, 0.5) is 0 Å². The molecule has 0 aliphatic carbocycles. The number of aromatic nitrogens is 1. The first kappa shape index (κ1) is 11.0. The summed E-state index contributed by atoms with van der Waals surface area (Å²) >= 11 is 1.67. The minimum absolute atomic E-state index is 0.129. The molecule has 4 nitrogen and oxygen atoms in total. The van der Waals surface area contributed by atoms with Crippen LogP contribution in [-0.4, -0.2) is 17.5 Å². The van der Waals surface area contributed by atoms with Crippen molar-refractivity contribution in [2.75, 3.05) is 6.54 Å². The summed E-state index contributed by atoms with van der Waals surface area (Å²) in [6.45, 7) is 6.71. The van der Waals surface area contributed by atoms with Gasteiger partial charge in [-0.25, -0.2) is 4.98 Å². The van der Waals surface area contributed by atoms with Crippen LogP contribution >= 0.6 is 11.3 Å². The Balaban J connectivity index is 2.58. The topological polar surface area (TPSA) is 63.3 Å². The summed E-state index contributed by atoms with van der Waals surface area (Å²) < 4.78 is 0. The zero-order valence-electron chi connectivity index (χ0n) is 8.74. The van der Waals surface area contributed by atoms with Crippen molar-refractivity contribution in [1.82, 2.24) is 10.3 Å². The highest BCUT2D eigenvalue weighted by molar-refractivity contribution is 7.11. The van der Waals surface area contributed by atoms with Crippen LogP contribution in [0, 0.1) is 6.92 Å². The molecule has 14 heavy (non-hydrogen) atoms. The molecular formula is C9H16N4S. The molecule has 0 fully saturated rings. The molecule has 0 saturated heterocycles. The van der Waals surface area contributed by atoms with Crippen LogP contribution < -0.4 is 11.1 Å².